The molecule has 0 aromatic carbocycles. The molecule has 0 aliphatic heterocycles. The third-order valence-electron chi connectivity index (χ3n) is 2.38. The number of hydroxylamine groups is 1. The van der Waals surface area contributed by atoms with Crippen molar-refractivity contribution in [3.63, 3.8) is 0 Å². The average Bonchev–Trinajstić information content (AvgIpc) is 2.38. The van der Waals surface area contributed by atoms with Gasteiger partial charge < -0.3 is 0 Å². The molecule has 2 atom stereocenters. The van der Waals surface area contributed by atoms with Crippen molar-refractivity contribution in [3.8, 4) is 11.8 Å². The zero-order valence-corrected chi connectivity index (χ0v) is 11.7. The fourth-order valence-electron chi connectivity index (χ4n) is 1.39. The van der Waals surface area contributed by atoms with E-state index in [-0.39, 0.29) is 6.61 Å². The van der Waals surface area contributed by atoms with Crippen LogP contribution >= 0.6 is 0 Å². The van der Waals surface area contributed by atoms with Crippen LogP contribution in [-0.4, -0.2) is 27.2 Å². The van der Waals surface area contributed by atoms with Gasteiger partial charge in [0.15, 0.2) is 11.1 Å². The predicted molar refractivity (Wildman–Crippen MR) is 70.0 cm³/mol. The van der Waals surface area contributed by atoms with Crippen LogP contribution in [-0.2, 0) is 20.1 Å². The van der Waals surface area contributed by atoms with E-state index in [1.807, 2.05) is 0 Å². The Kier molecular flexibility index (Phi) is 10.6. The Morgan fingerprint density at radius 1 is 1.44 bits per heavy atom. The summed E-state index contributed by atoms with van der Waals surface area (Å²) in [6, 6.07) is 0. The highest BCUT2D eigenvalue weighted by atomic mass is 32.2. The summed E-state index contributed by atoms with van der Waals surface area (Å²) in [6.07, 6.45) is 4.33. The van der Waals surface area contributed by atoms with E-state index in [1.165, 1.54) is 5.48 Å². The maximum absolute atomic E-state index is 11.7. The summed E-state index contributed by atoms with van der Waals surface area (Å²) >= 11 is -1.77. The van der Waals surface area contributed by atoms with Gasteiger partial charge in [-0.25, -0.2) is 9.69 Å². The average molecular weight is 275 g/mol. The third-order valence-corrected chi connectivity index (χ3v) is 3.64. The molecule has 1 unspecified atom stereocenters. The monoisotopic (exact) mass is 275 g/mol. The lowest BCUT2D eigenvalue weighted by molar-refractivity contribution is -0.128. The van der Waals surface area contributed by atoms with Crippen molar-refractivity contribution in [2.45, 2.75) is 51.2 Å². The van der Waals surface area contributed by atoms with Crippen molar-refractivity contribution in [2.24, 2.45) is 0 Å². The normalized spacial score (nSPS) is 13.3. The van der Waals surface area contributed by atoms with Crippen LogP contribution in [0.5, 0.6) is 0 Å². The van der Waals surface area contributed by atoms with Crippen LogP contribution in [0.1, 0.15) is 46.0 Å². The molecule has 1 amide bonds. The van der Waals surface area contributed by atoms with Crippen molar-refractivity contribution in [1.29, 1.82) is 0 Å². The van der Waals surface area contributed by atoms with E-state index in [0.717, 1.165) is 25.7 Å². The van der Waals surface area contributed by atoms with Crippen LogP contribution in [0.25, 0.3) is 0 Å². The van der Waals surface area contributed by atoms with E-state index < -0.39 is 22.2 Å². The van der Waals surface area contributed by atoms with Gasteiger partial charge in [-0.15, -0.1) is 5.92 Å². The van der Waals surface area contributed by atoms with Crippen molar-refractivity contribution in [3.05, 3.63) is 0 Å². The minimum atomic E-state index is -1.77. The second-order valence-corrected chi connectivity index (χ2v) is 5.09. The maximum atomic E-state index is 11.7. The van der Waals surface area contributed by atoms with Crippen LogP contribution in [0.15, 0.2) is 0 Å². The molecule has 0 aliphatic rings. The molecule has 0 aromatic rings. The van der Waals surface area contributed by atoms with Gasteiger partial charge in [-0.2, -0.15) is 0 Å². The highest BCUT2D eigenvalue weighted by Crippen LogP contribution is 2.11. The molecular formula is C12H21NO4S. The Hall–Kier alpha value is -0.900. The van der Waals surface area contributed by atoms with E-state index >= 15 is 0 Å². The van der Waals surface area contributed by atoms with Gasteiger partial charge in [0.1, 0.15) is 11.9 Å². The highest BCUT2D eigenvalue weighted by Gasteiger charge is 2.25. The second-order valence-electron chi connectivity index (χ2n) is 3.76. The number of amides is 1. The smallest absolute Gasteiger partial charge is 0.261 e. The molecule has 0 aromatic heterocycles. The van der Waals surface area contributed by atoms with Crippen molar-refractivity contribution < 1.29 is 18.4 Å². The summed E-state index contributed by atoms with van der Waals surface area (Å²) in [5.41, 5.74) is 1.53. The fraction of sp³-hybridized carbons (Fsp3) is 0.750. The number of carbonyl (C=O) groups excluding carboxylic acids is 1. The topological polar surface area (TPSA) is 75.6 Å². The molecule has 0 spiro atoms. The van der Waals surface area contributed by atoms with Crippen LogP contribution in [0.4, 0.5) is 0 Å². The summed E-state index contributed by atoms with van der Waals surface area (Å²) in [5.74, 6) is 4.54. The largest absolute Gasteiger partial charge is 0.289 e. The van der Waals surface area contributed by atoms with Crippen molar-refractivity contribution in [2.75, 3.05) is 6.61 Å². The van der Waals surface area contributed by atoms with Crippen LogP contribution in [0.3, 0.4) is 0 Å². The molecule has 0 bridgehead atoms. The van der Waals surface area contributed by atoms with Gasteiger partial charge in [0.05, 0.1) is 0 Å². The van der Waals surface area contributed by atoms with Gasteiger partial charge in [-0.05, 0) is 13.3 Å². The van der Waals surface area contributed by atoms with Crippen molar-refractivity contribution >= 4 is 17.0 Å². The Labute approximate surface area is 111 Å². The molecule has 0 saturated carbocycles. The molecule has 6 heteroatoms. The predicted octanol–water partition coefficient (Wildman–Crippen LogP) is 1.53. The molecular weight excluding hydrogens is 254 g/mol. The van der Waals surface area contributed by atoms with Gasteiger partial charge in [0.25, 0.3) is 5.91 Å². The van der Waals surface area contributed by atoms with Gasteiger partial charge >= 0.3 is 0 Å². The van der Waals surface area contributed by atoms with Gasteiger partial charge in [0, 0.05) is 0 Å². The minimum absolute atomic E-state index is 0.0211. The third kappa shape index (κ3) is 7.43. The summed E-state index contributed by atoms with van der Waals surface area (Å²) in [4.78, 5) is 11.4. The van der Waals surface area contributed by atoms with Gasteiger partial charge in [-0.3, -0.25) is 14.2 Å². The van der Waals surface area contributed by atoms with Crippen LogP contribution in [0.2, 0.25) is 0 Å². The van der Waals surface area contributed by atoms with E-state index in [2.05, 4.69) is 18.8 Å². The number of carbonyl (C=O) groups is 1. The maximum Gasteiger partial charge on any atom is 0.261 e. The lowest BCUT2D eigenvalue weighted by atomic mass is 10.1. The second kappa shape index (κ2) is 11.2. The number of nitrogens with one attached hydrogen (secondary N) is 1. The van der Waals surface area contributed by atoms with E-state index in [4.69, 9.17) is 9.39 Å². The van der Waals surface area contributed by atoms with Crippen LogP contribution in [0, 0.1) is 11.8 Å². The Balaban J connectivity index is 4.23. The minimum Gasteiger partial charge on any atom is -0.289 e. The Morgan fingerprint density at radius 3 is 2.72 bits per heavy atom. The number of rotatable bonds is 9. The first kappa shape index (κ1) is 17.1. The standard InChI is InChI=1S/C12H21NO4S/c1-3-5-7-8-9-11(12(14)13-15)18(16)17-10-6-4-2/h11,15H,3,5,7-10H2,1-2H3,(H,13,14)/t11-,18?/m1/s1. The Morgan fingerprint density at radius 2 is 2.17 bits per heavy atom. The van der Waals surface area contributed by atoms with Gasteiger partial charge in [-0.1, -0.05) is 38.5 Å². The van der Waals surface area contributed by atoms with Gasteiger partial charge in [0.2, 0.25) is 0 Å². The molecule has 0 heterocycles. The summed E-state index contributed by atoms with van der Waals surface area (Å²) in [6.45, 7) is 3.75. The molecule has 0 radical (unpaired) electrons. The first-order valence-electron chi connectivity index (χ1n) is 6.04. The summed E-state index contributed by atoms with van der Waals surface area (Å²) in [5, 5.41) is 7.77. The molecule has 18 heavy (non-hydrogen) atoms. The first-order chi connectivity index (χ1) is 8.67. The summed E-state index contributed by atoms with van der Waals surface area (Å²) < 4.78 is 16.7. The first-order valence-corrected chi connectivity index (χ1v) is 7.18. The number of hydrogen-bond acceptors (Lipinski definition) is 4. The number of hydrogen-bond donors (Lipinski definition) is 2. The molecule has 104 valence electrons. The van der Waals surface area contributed by atoms with E-state index in [1.54, 1.807) is 6.92 Å². The molecule has 0 fully saturated rings. The highest BCUT2D eigenvalue weighted by molar-refractivity contribution is 7.81. The summed E-state index contributed by atoms with van der Waals surface area (Å²) in [7, 11) is 0. The molecule has 0 saturated heterocycles. The molecule has 5 nitrogen and oxygen atoms in total. The van der Waals surface area contributed by atoms with E-state index in [9.17, 15) is 9.00 Å². The fourth-order valence-corrected chi connectivity index (χ4v) is 2.31. The van der Waals surface area contributed by atoms with Crippen LogP contribution < -0.4 is 5.48 Å². The lowest BCUT2D eigenvalue weighted by Gasteiger charge is -2.13. The van der Waals surface area contributed by atoms with E-state index in [0.29, 0.717) is 6.42 Å². The van der Waals surface area contributed by atoms with Crippen molar-refractivity contribution in [1.82, 2.24) is 5.48 Å². The molecule has 2 N–H and O–H groups in total. The SMILES string of the molecule is CC#CCOS(=O)[C@H](CCCCCC)C(=O)NO. The number of unbranched alkanes of at least 4 members (excludes halogenated alkanes) is 3. The molecule has 0 aliphatic carbocycles. The molecule has 0 rings (SSSR count). The quantitative estimate of drug-likeness (QED) is 0.290. The lowest BCUT2D eigenvalue weighted by Crippen LogP contribution is -2.36. The zero-order chi connectivity index (χ0) is 13.8. The Bertz CT molecular complexity index is 322. The zero-order valence-electron chi connectivity index (χ0n) is 10.9.